The number of hydrogen-bond acceptors (Lipinski definition) is 10. The van der Waals surface area contributed by atoms with Gasteiger partial charge in [-0.2, -0.15) is 0 Å². The van der Waals surface area contributed by atoms with Crippen molar-refractivity contribution in [2.45, 2.75) is 95.0 Å². The smallest absolute Gasteiger partial charge is 0.328 e. The van der Waals surface area contributed by atoms with Gasteiger partial charge >= 0.3 is 12.0 Å². The van der Waals surface area contributed by atoms with Gasteiger partial charge in [0.05, 0.1) is 0 Å². The third-order valence-corrected chi connectivity index (χ3v) is 11.3. The highest BCUT2D eigenvalue weighted by Crippen LogP contribution is 2.34. The molecule has 2 aromatic carbocycles. The number of piperidine rings is 1. The number of anilines is 1. The standard InChI is InChI=1S/C40H47F2N7O10/c1-21-12-31-39(55)57-19-28(37(53)48-11-5-7-30(48)38(54)47-10-4-3-6-29(47)35(51)43-22(2)36(52)49(31)18-21)45-34(50)27(15-23-13-24(41)16-25(42)14-23)46-40(56)44-26-8-9-32-33(17-26)59-20-58-32/h8-9,13-14,16-17,21-22,27-31H,3-7,10-12,15,18-20H2,1-2H3,(H,43,51)(H,45,50)(H2,44,46,56). The Bertz CT molecular complexity index is 2000. The van der Waals surface area contributed by atoms with Gasteiger partial charge in [-0.15, -0.1) is 0 Å². The van der Waals surface area contributed by atoms with Gasteiger partial charge in [-0.05, 0) is 81.2 Å². The number of halogens is 2. The van der Waals surface area contributed by atoms with Crippen molar-refractivity contribution in [1.82, 2.24) is 30.7 Å². The Balaban J connectivity index is 1.18. The van der Waals surface area contributed by atoms with Crippen molar-refractivity contribution in [1.29, 1.82) is 0 Å². The second kappa shape index (κ2) is 17.5. The normalized spacial score (nSPS) is 26.6. The van der Waals surface area contributed by atoms with E-state index in [0.717, 1.165) is 12.1 Å². The molecule has 5 aliphatic rings. The fourth-order valence-electron chi connectivity index (χ4n) is 8.46. The number of urea groups is 1. The van der Waals surface area contributed by atoms with Crippen molar-refractivity contribution in [3.05, 3.63) is 53.6 Å². The Morgan fingerprint density at radius 2 is 1.53 bits per heavy atom. The Morgan fingerprint density at radius 1 is 0.814 bits per heavy atom. The first-order chi connectivity index (χ1) is 28.2. The molecule has 17 nitrogen and oxygen atoms in total. The Hall–Kier alpha value is -6.01. The number of hydrogen-bond donors (Lipinski definition) is 4. The van der Waals surface area contributed by atoms with Gasteiger partial charge in [-0.1, -0.05) is 6.92 Å². The van der Waals surface area contributed by atoms with Gasteiger partial charge in [0, 0.05) is 43.9 Å². The van der Waals surface area contributed by atoms with Crippen LogP contribution in [0.5, 0.6) is 11.5 Å². The van der Waals surface area contributed by atoms with E-state index in [-0.39, 0.29) is 56.4 Å². The van der Waals surface area contributed by atoms with Crippen molar-refractivity contribution in [2.24, 2.45) is 5.92 Å². The zero-order chi connectivity index (χ0) is 42.0. The Labute approximate surface area is 338 Å². The van der Waals surface area contributed by atoms with Crippen LogP contribution in [0, 0.1) is 17.6 Å². The molecule has 19 heteroatoms. The summed E-state index contributed by atoms with van der Waals surface area (Å²) in [4.78, 5) is 102. The molecular formula is C40H47F2N7O10. The molecule has 0 spiro atoms. The minimum Gasteiger partial charge on any atom is -0.461 e. The van der Waals surface area contributed by atoms with Crippen LogP contribution in [0.25, 0.3) is 0 Å². The number of nitrogens with zero attached hydrogens (tertiary/aromatic N) is 3. The van der Waals surface area contributed by atoms with Crippen molar-refractivity contribution in [3.63, 3.8) is 0 Å². The summed E-state index contributed by atoms with van der Waals surface area (Å²) in [5, 5.41) is 10.4. The highest BCUT2D eigenvalue weighted by molar-refractivity contribution is 5.98. The number of ether oxygens (including phenoxy) is 3. The fraction of sp³-hybridized carbons (Fsp3) is 0.525. The number of fused-ring (bicyclic) bond motifs is 4. The van der Waals surface area contributed by atoms with E-state index in [1.807, 2.05) is 6.92 Å². The van der Waals surface area contributed by atoms with E-state index in [2.05, 4.69) is 21.3 Å². The third kappa shape index (κ3) is 9.18. The summed E-state index contributed by atoms with van der Waals surface area (Å²) in [5.41, 5.74) is 0.269. The molecule has 0 aromatic heterocycles. The van der Waals surface area contributed by atoms with Crippen LogP contribution in [0.1, 0.15) is 57.9 Å². The summed E-state index contributed by atoms with van der Waals surface area (Å²) >= 11 is 0. The lowest BCUT2D eigenvalue weighted by Crippen LogP contribution is -2.62. The summed E-state index contributed by atoms with van der Waals surface area (Å²) in [6, 6.07) is -0.813. The Morgan fingerprint density at radius 3 is 2.31 bits per heavy atom. The summed E-state index contributed by atoms with van der Waals surface area (Å²) in [7, 11) is 0. The van der Waals surface area contributed by atoms with Crippen molar-refractivity contribution < 1.29 is 56.6 Å². The number of carbonyl (C=O) groups excluding carboxylic acids is 7. The van der Waals surface area contributed by atoms with Crippen LogP contribution in [-0.4, -0.2) is 126 Å². The summed E-state index contributed by atoms with van der Waals surface area (Å²) < 4.78 is 45.0. The van der Waals surface area contributed by atoms with Gasteiger partial charge in [0.15, 0.2) is 11.5 Å². The van der Waals surface area contributed by atoms with E-state index in [9.17, 15) is 42.3 Å². The molecule has 316 valence electrons. The van der Waals surface area contributed by atoms with Gasteiger partial charge in [0.2, 0.25) is 36.3 Å². The van der Waals surface area contributed by atoms with Crippen LogP contribution in [0.3, 0.4) is 0 Å². The first-order valence-corrected chi connectivity index (χ1v) is 19.9. The number of carbonyl (C=O) groups is 7. The average molecular weight is 824 g/mol. The van der Waals surface area contributed by atoms with Gasteiger partial charge in [-0.3, -0.25) is 24.0 Å². The molecule has 2 aromatic rings. The summed E-state index contributed by atoms with van der Waals surface area (Å²) in [5.74, 6) is -5.23. The molecule has 59 heavy (non-hydrogen) atoms. The number of cyclic esters (lactones) is 1. The lowest BCUT2D eigenvalue weighted by molar-refractivity contribution is -0.158. The van der Waals surface area contributed by atoms with Crippen molar-refractivity contribution >= 4 is 47.2 Å². The first-order valence-electron chi connectivity index (χ1n) is 19.9. The summed E-state index contributed by atoms with van der Waals surface area (Å²) in [6.07, 6.45) is 2.11. The maximum absolute atomic E-state index is 14.5. The van der Waals surface area contributed by atoms with E-state index >= 15 is 0 Å². The van der Waals surface area contributed by atoms with Crippen molar-refractivity contribution in [2.75, 3.05) is 38.4 Å². The van der Waals surface area contributed by atoms with Crippen LogP contribution in [0.15, 0.2) is 36.4 Å². The number of amides is 7. The third-order valence-electron chi connectivity index (χ3n) is 11.3. The maximum atomic E-state index is 14.5. The van der Waals surface area contributed by atoms with E-state index in [1.54, 1.807) is 6.07 Å². The molecule has 0 saturated carbocycles. The summed E-state index contributed by atoms with van der Waals surface area (Å²) in [6.45, 7) is 3.21. The second-order valence-electron chi connectivity index (χ2n) is 15.7. The van der Waals surface area contributed by atoms with Crippen LogP contribution in [0.2, 0.25) is 0 Å². The number of rotatable bonds is 6. The molecule has 0 bridgehead atoms. The lowest BCUT2D eigenvalue weighted by atomic mass is 9.99. The molecule has 5 aliphatic heterocycles. The van der Waals surface area contributed by atoms with Gasteiger partial charge in [-0.25, -0.2) is 18.4 Å². The zero-order valence-electron chi connectivity index (χ0n) is 32.7. The fourth-order valence-corrected chi connectivity index (χ4v) is 8.46. The topological polar surface area (TPSA) is 205 Å². The number of nitrogens with one attached hydrogen (secondary N) is 4. The molecule has 7 amide bonds. The van der Waals surface area contributed by atoms with Crippen LogP contribution < -0.4 is 30.7 Å². The van der Waals surface area contributed by atoms with E-state index in [0.29, 0.717) is 43.2 Å². The molecule has 0 aliphatic carbocycles. The molecular weight excluding hydrogens is 776 g/mol. The van der Waals surface area contributed by atoms with Crippen LogP contribution in [-0.2, 0) is 39.9 Å². The SMILES string of the molecule is CC1CC2C(=O)OCC(NC(=O)C(Cc3cc(F)cc(F)c3)NC(=O)Nc3ccc4c(c3)OCO4)C(=O)N3CCCC3C(=O)N3CCCCC3C(=O)NC(C)C(=O)N2C1. The predicted octanol–water partition coefficient (Wildman–Crippen LogP) is 1.58. The van der Waals surface area contributed by atoms with Crippen molar-refractivity contribution in [3.8, 4) is 11.5 Å². The molecule has 4 saturated heterocycles. The largest absolute Gasteiger partial charge is 0.461 e. The molecule has 0 radical (unpaired) electrons. The monoisotopic (exact) mass is 823 g/mol. The highest BCUT2D eigenvalue weighted by Gasteiger charge is 2.46. The predicted molar refractivity (Wildman–Crippen MR) is 202 cm³/mol. The van der Waals surface area contributed by atoms with Gasteiger partial charge < -0.3 is 50.2 Å². The number of esters is 1. The molecule has 7 rings (SSSR count). The zero-order valence-corrected chi connectivity index (χ0v) is 32.7. The quantitative estimate of drug-likeness (QED) is 0.310. The highest BCUT2D eigenvalue weighted by atomic mass is 19.1. The van der Waals surface area contributed by atoms with Gasteiger partial charge in [0.25, 0.3) is 0 Å². The molecule has 5 heterocycles. The van der Waals surface area contributed by atoms with E-state index < -0.39 is 102 Å². The van der Waals surface area contributed by atoms with E-state index in [1.165, 1.54) is 33.8 Å². The molecule has 4 fully saturated rings. The van der Waals surface area contributed by atoms with Gasteiger partial charge in [0.1, 0.15) is 54.5 Å². The number of benzene rings is 2. The first kappa shape index (κ1) is 41.2. The second-order valence-corrected chi connectivity index (χ2v) is 15.7. The lowest BCUT2D eigenvalue weighted by Gasteiger charge is -2.39. The average Bonchev–Trinajstić information content (AvgIpc) is 3.97. The minimum absolute atomic E-state index is 0.00133. The maximum Gasteiger partial charge on any atom is 0.328 e. The Kier molecular flexibility index (Phi) is 12.2. The molecule has 7 atom stereocenters. The minimum atomic E-state index is -1.61. The van der Waals surface area contributed by atoms with E-state index in [4.69, 9.17) is 14.2 Å². The molecule has 7 unspecified atom stereocenters. The molecule has 4 N–H and O–H groups in total. The van der Waals surface area contributed by atoms with Crippen LogP contribution in [0.4, 0.5) is 19.3 Å². The van der Waals surface area contributed by atoms with Crippen LogP contribution >= 0.6 is 0 Å².